The van der Waals surface area contributed by atoms with Crippen LogP contribution in [0, 0.1) is 6.92 Å². The molecule has 0 saturated carbocycles. The van der Waals surface area contributed by atoms with Crippen molar-refractivity contribution >= 4 is 34.6 Å². The molecule has 114 valence electrons. The van der Waals surface area contributed by atoms with Crippen molar-refractivity contribution in [3.8, 4) is 0 Å². The van der Waals surface area contributed by atoms with E-state index in [4.69, 9.17) is 0 Å². The molecule has 5 nitrogen and oxygen atoms in total. The minimum Gasteiger partial charge on any atom is -0.334 e. The second-order valence-corrected chi connectivity index (χ2v) is 5.50. The second kappa shape index (κ2) is 7.42. The maximum atomic E-state index is 12.1. The number of benzene rings is 1. The van der Waals surface area contributed by atoms with E-state index < -0.39 is 0 Å². The van der Waals surface area contributed by atoms with E-state index in [-0.39, 0.29) is 11.9 Å². The molecule has 1 aromatic heterocycles. The molecule has 2 rings (SSSR count). The lowest BCUT2D eigenvalue weighted by atomic mass is 10.2. The Hall–Kier alpha value is -2.60. The molecule has 0 radical (unpaired) electrons. The van der Waals surface area contributed by atoms with Gasteiger partial charge >= 0.3 is 6.03 Å². The highest BCUT2D eigenvalue weighted by atomic mass is 32.1. The van der Waals surface area contributed by atoms with E-state index in [1.165, 1.54) is 11.3 Å². The normalized spacial score (nSPS) is 9.86. The monoisotopic (exact) mass is 315 g/mol. The molecule has 6 heteroatoms. The zero-order chi connectivity index (χ0) is 15.9. The number of hydrogen-bond acceptors (Lipinski definition) is 3. The van der Waals surface area contributed by atoms with Crippen LogP contribution >= 0.6 is 11.3 Å². The number of carbonyl (C=O) groups is 2. The van der Waals surface area contributed by atoms with Crippen molar-refractivity contribution < 1.29 is 9.59 Å². The van der Waals surface area contributed by atoms with E-state index in [2.05, 4.69) is 22.5 Å². The van der Waals surface area contributed by atoms with Crippen LogP contribution in [0.2, 0.25) is 0 Å². The summed E-state index contributed by atoms with van der Waals surface area (Å²) in [6.45, 7) is 5.83. The van der Waals surface area contributed by atoms with E-state index >= 15 is 0 Å². The Bertz CT molecular complexity index is 677. The second-order valence-electron chi connectivity index (χ2n) is 4.59. The standard InChI is InChI=1S/C16H17N3O2S/c1-3-9-17-16(21)19-13-6-4-12(5-7-13)18-15(20)14-11(2)8-10-22-14/h3-8,10H,1,9H2,2H3,(H,18,20)(H2,17,19,21). The van der Waals surface area contributed by atoms with Crippen LogP contribution in [0.3, 0.4) is 0 Å². The molecule has 1 heterocycles. The molecule has 0 spiro atoms. The molecule has 0 bridgehead atoms. The number of thiophene rings is 1. The lowest BCUT2D eigenvalue weighted by Crippen LogP contribution is -2.28. The number of amides is 3. The summed E-state index contributed by atoms with van der Waals surface area (Å²) in [4.78, 5) is 24.3. The number of urea groups is 1. The van der Waals surface area contributed by atoms with Crippen LogP contribution in [0.25, 0.3) is 0 Å². The van der Waals surface area contributed by atoms with Crippen molar-refractivity contribution in [2.75, 3.05) is 17.2 Å². The van der Waals surface area contributed by atoms with Gasteiger partial charge in [0, 0.05) is 17.9 Å². The molecule has 1 aromatic carbocycles. The quantitative estimate of drug-likeness (QED) is 0.738. The molecule has 3 N–H and O–H groups in total. The number of rotatable bonds is 5. The highest BCUT2D eigenvalue weighted by Crippen LogP contribution is 2.19. The van der Waals surface area contributed by atoms with E-state index in [0.29, 0.717) is 22.8 Å². The summed E-state index contributed by atoms with van der Waals surface area (Å²) >= 11 is 1.41. The zero-order valence-electron chi connectivity index (χ0n) is 12.2. The molecule has 0 atom stereocenters. The Morgan fingerprint density at radius 3 is 2.32 bits per heavy atom. The van der Waals surface area contributed by atoms with Crippen molar-refractivity contribution in [2.24, 2.45) is 0 Å². The van der Waals surface area contributed by atoms with E-state index in [1.54, 1.807) is 30.3 Å². The first kappa shape index (κ1) is 15.8. The minimum atomic E-state index is -0.300. The lowest BCUT2D eigenvalue weighted by Gasteiger charge is -2.08. The number of aryl methyl sites for hydroxylation is 1. The molecular weight excluding hydrogens is 298 g/mol. The summed E-state index contributed by atoms with van der Waals surface area (Å²) < 4.78 is 0. The van der Waals surface area contributed by atoms with Crippen LogP contribution in [0.15, 0.2) is 48.4 Å². The van der Waals surface area contributed by atoms with Crippen molar-refractivity contribution in [1.29, 1.82) is 0 Å². The third-order valence-electron chi connectivity index (χ3n) is 2.88. The number of anilines is 2. The van der Waals surface area contributed by atoms with Gasteiger partial charge in [-0.15, -0.1) is 17.9 Å². The van der Waals surface area contributed by atoms with Gasteiger partial charge in [0.15, 0.2) is 0 Å². The Morgan fingerprint density at radius 1 is 1.14 bits per heavy atom. The molecule has 0 fully saturated rings. The fourth-order valence-electron chi connectivity index (χ4n) is 1.77. The van der Waals surface area contributed by atoms with Crippen molar-refractivity contribution in [1.82, 2.24) is 5.32 Å². The maximum Gasteiger partial charge on any atom is 0.319 e. The summed E-state index contributed by atoms with van der Waals surface area (Å²) in [7, 11) is 0. The predicted octanol–water partition coefficient (Wildman–Crippen LogP) is 3.62. The summed E-state index contributed by atoms with van der Waals surface area (Å²) in [5.74, 6) is -0.128. The van der Waals surface area contributed by atoms with Gasteiger partial charge in [-0.25, -0.2) is 4.79 Å². The Labute approximate surface area is 133 Å². The van der Waals surface area contributed by atoms with E-state index in [1.807, 2.05) is 18.4 Å². The number of hydrogen-bond donors (Lipinski definition) is 3. The van der Waals surface area contributed by atoms with Crippen molar-refractivity contribution in [3.63, 3.8) is 0 Å². The molecule has 0 aliphatic carbocycles. The highest BCUT2D eigenvalue weighted by Gasteiger charge is 2.10. The average molecular weight is 315 g/mol. The van der Waals surface area contributed by atoms with Crippen LogP contribution in [0.4, 0.5) is 16.2 Å². The maximum absolute atomic E-state index is 12.1. The summed E-state index contributed by atoms with van der Waals surface area (Å²) in [5.41, 5.74) is 2.28. The Kier molecular flexibility index (Phi) is 5.32. The first-order valence-corrected chi connectivity index (χ1v) is 7.59. The number of nitrogens with one attached hydrogen (secondary N) is 3. The van der Waals surface area contributed by atoms with Gasteiger partial charge in [-0.05, 0) is 48.2 Å². The van der Waals surface area contributed by atoms with Gasteiger partial charge in [-0.3, -0.25) is 4.79 Å². The fourth-order valence-corrected chi connectivity index (χ4v) is 2.59. The third-order valence-corrected chi connectivity index (χ3v) is 3.89. The fraction of sp³-hybridized carbons (Fsp3) is 0.125. The van der Waals surface area contributed by atoms with Crippen molar-refractivity contribution in [3.05, 3.63) is 58.8 Å². The molecule has 0 unspecified atom stereocenters. The summed E-state index contributed by atoms with van der Waals surface area (Å²) in [6.07, 6.45) is 1.60. The summed E-state index contributed by atoms with van der Waals surface area (Å²) in [5, 5.41) is 10.0. The first-order valence-electron chi connectivity index (χ1n) is 6.71. The summed E-state index contributed by atoms with van der Waals surface area (Å²) in [6, 6.07) is 8.54. The van der Waals surface area contributed by atoms with E-state index in [0.717, 1.165) is 5.56 Å². The lowest BCUT2D eigenvalue weighted by molar-refractivity contribution is 0.103. The van der Waals surface area contributed by atoms with Crippen LogP contribution < -0.4 is 16.0 Å². The SMILES string of the molecule is C=CCNC(=O)Nc1ccc(NC(=O)c2sccc2C)cc1. The predicted molar refractivity (Wildman–Crippen MR) is 90.7 cm³/mol. The molecule has 22 heavy (non-hydrogen) atoms. The average Bonchev–Trinajstić information content (AvgIpc) is 2.93. The van der Waals surface area contributed by atoms with Crippen LogP contribution in [-0.4, -0.2) is 18.5 Å². The molecular formula is C16H17N3O2S. The Morgan fingerprint density at radius 2 is 1.77 bits per heavy atom. The van der Waals surface area contributed by atoms with Gasteiger partial charge < -0.3 is 16.0 Å². The minimum absolute atomic E-state index is 0.128. The van der Waals surface area contributed by atoms with Gasteiger partial charge in [-0.2, -0.15) is 0 Å². The van der Waals surface area contributed by atoms with Crippen LogP contribution in [0.5, 0.6) is 0 Å². The van der Waals surface area contributed by atoms with Gasteiger partial charge in [-0.1, -0.05) is 6.08 Å². The van der Waals surface area contributed by atoms with Gasteiger partial charge in [0.2, 0.25) is 0 Å². The van der Waals surface area contributed by atoms with Crippen molar-refractivity contribution in [2.45, 2.75) is 6.92 Å². The highest BCUT2D eigenvalue weighted by molar-refractivity contribution is 7.12. The van der Waals surface area contributed by atoms with E-state index in [9.17, 15) is 9.59 Å². The molecule has 3 amide bonds. The first-order chi connectivity index (χ1) is 10.6. The number of carbonyl (C=O) groups excluding carboxylic acids is 2. The van der Waals surface area contributed by atoms with Gasteiger partial charge in [0.25, 0.3) is 5.91 Å². The van der Waals surface area contributed by atoms with Crippen LogP contribution in [0.1, 0.15) is 15.2 Å². The van der Waals surface area contributed by atoms with Gasteiger partial charge in [0.1, 0.15) is 0 Å². The molecule has 0 aliphatic rings. The largest absolute Gasteiger partial charge is 0.334 e. The third kappa shape index (κ3) is 4.20. The molecule has 2 aromatic rings. The molecule has 0 saturated heterocycles. The van der Waals surface area contributed by atoms with Gasteiger partial charge in [0.05, 0.1) is 4.88 Å². The smallest absolute Gasteiger partial charge is 0.319 e. The molecule has 0 aliphatic heterocycles. The Balaban J connectivity index is 1.94. The zero-order valence-corrected chi connectivity index (χ0v) is 13.0. The topological polar surface area (TPSA) is 70.2 Å². The van der Waals surface area contributed by atoms with Crippen LogP contribution in [-0.2, 0) is 0 Å².